The number of carbonyl (C=O) groups excluding carboxylic acids is 2. The van der Waals surface area contributed by atoms with E-state index in [4.69, 9.17) is 23.2 Å². The van der Waals surface area contributed by atoms with Gasteiger partial charge in [0.05, 0.1) is 16.5 Å². The molecular weight excluding hydrogens is 311 g/mol. The zero-order valence-electron chi connectivity index (χ0n) is 9.51. The van der Waals surface area contributed by atoms with Crippen LogP contribution in [0.1, 0.15) is 0 Å². The van der Waals surface area contributed by atoms with Crippen molar-refractivity contribution < 1.29 is 13.8 Å². The zero-order valence-corrected chi connectivity index (χ0v) is 11.8. The maximum Gasteiger partial charge on any atom is 0.332 e. The molecule has 2 unspecified atom stereocenters. The van der Waals surface area contributed by atoms with Crippen molar-refractivity contribution in [3.63, 3.8) is 0 Å². The van der Waals surface area contributed by atoms with Crippen LogP contribution in [0.25, 0.3) is 0 Å². The standard InChI is InChI=1S/C11H8Cl2N2O3S/c12-6-3-7(13)5-8(4-6)15-9(16)10-14(11(15)17)1-2-19(10)18/h3-5,10H,1-2H2. The minimum absolute atomic E-state index is 0.305. The van der Waals surface area contributed by atoms with Crippen molar-refractivity contribution in [3.05, 3.63) is 28.2 Å². The highest BCUT2D eigenvalue weighted by Gasteiger charge is 2.52. The van der Waals surface area contributed by atoms with Crippen LogP contribution in [0.2, 0.25) is 10.0 Å². The number of carbonyl (C=O) groups is 2. The fraction of sp³-hybridized carbons (Fsp3) is 0.273. The Morgan fingerprint density at radius 2 is 1.79 bits per heavy atom. The van der Waals surface area contributed by atoms with Crippen molar-refractivity contribution >= 4 is 51.6 Å². The molecule has 0 bridgehead atoms. The van der Waals surface area contributed by atoms with E-state index >= 15 is 0 Å². The van der Waals surface area contributed by atoms with Gasteiger partial charge in [-0.15, -0.1) is 0 Å². The lowest BCUT2D eigenvalue weighted by Gasteiger charge is -2.15. The van der Waals surface area contributed by atoms with Crippen LogP contribution in [0.5, 0.6) is 0 Å². The van der Waals surface area contributed by atoms with Crippen LogP contribution < -0.4 is 4.90 Å². The summed E-state index contributed by atoms with van der Waals surface area (Å²) in [5, 5.41) is -0.210. The molecule has 2 aliphatic rings. The highest BCUT2D eigenvalue weighted by Crippen LogP contribution is 2.32. The average molecular weight is 319 g/mol. The summed E-state index contributed by atoms with van der Waals surface area (Å²) >= 11 is 11.7. The summed E-state index contributed by atoms with van der Waals surface area (Å²) in [6.45, 7) is 0.326. The predicted molar refractivity (Wildman–Crippen MR) is 72.8 cm³/mol. The normalized spacial score (nSPS) is 26.2. The molecule has 2 heterocycles. The molecule has 100 valence electrons. The highest BCUT2D eigenvalue weighted by atomic mass is 35.5. The van der Waals surface area contributed by atoms with Crippen molar-refractivity contribution in [3.8, 4) is 0 Å². The minimum Gasteiger partial charge on any atom is -0.300 e. The highest BCUT2D eigenvalue weighted by molar-refractivity contribution is 7.86. The first kappa shape index (κ1) is 12.9. The molecule has 0 aromatic heterocycles. The average Bonchev–Trinajstić information content (AvgIpc) is 2.80. The Bertz CT molecular complexity index is 602. The van der Waals surface area contributed by atoms with Gasteiger partial charge in [-0.3, -0.25) is 13.9 Å². The van der Waals surface area contributed by atoms with Crippen LogP contribution in [-0.4, -0.2) is 38.7 Å². The molecule has 1 aromatic rings. The molecule has 3 amide bonds. The summed E-state index contributed by atoms with van der Waals surface area (Å²) < 4.78 is 11.7. The number of halogens is 2. The number of urea groups is 1. The van der Waals surface area contributed by atoms with Gasteiger partial charge in [0.2, 0.25) is 0 Å². The minimum atomic E-state index is -1.34. The van der Waals surface area contributed by atoms with Crippen LogP contribution in [0, 0.1) is 0 Å². The molecule has 2 atom stereocenters. The molecular formula is C11H8Cl2N2O3S. The lowest BCUT2D eigenvalue weighted by Crippen LogP contribution is -2.33. The quantitative estimate of drug-likeness (QED) is 0.742. The number of fused-ring (bicyclic) bond motifs is 1. The topological polar surface area (TPSA) is 57.7 Å². The first-order valence-electron chi connectivity index (χ1n) is 5.47. The second-order valence-electron chi connectivity index (χ2n) is 4.21. The Balaban J connectivity index is 2.04. The van der Waals surface area contributed by atoms with Gasteiger partial charge in [-0.2, -0.15) is 0 Å². The Hall–Kier alpha value is -1.11. The number of hydrogen-bond donors (Lipinski definition) is 0. The maximum atomic E-state index is 12.2. The molecule has 8 heteroatoms. The van der Waals surface area contributed by atoms with Gasteiger partial charge in [0.15, 0.2) is 5.37 Å². The van der Waals surface area contributed by atoms with Gasteiger partial charge in [-0.25, -0.2) is 9.69 Å². The van der Waals surface area contributed by atoms with E-state index in [2.05, 4.69) is 0 Å². The molecule has 2 saturated heterocycles. The van der Waals surface area contributed by atoms with Crippen molar-refractivity contribution in [2.45, 2.75) is 5.37 Å². The molecule has 19 heavy (non-hydrogen) atoms. The number of nitrogens with zero attached hydrogens (tertiary/aromatic N) is 2. The van der Waals surface area contributed by atoms with E-state index in [-0.39, 0.29) is 0 Å². The van der Waals surface area contributed by atoms with Crippen molar-refractivity contribution in [1.82, 2.24) is 4.90 Å². The van der Waals surface area contributed by atoms with E-state index in [0.29, 0.717) is 28.0 Å². The summed E-state index contributed by atoms with van der Waals surface area (Å²) in [6, 6.07) is 4.00. The van der Waals surface area contributed by atoms with Gasteiger partial charge in [-0.05, 0) is 18.2 Å². The Morgan fingerprint density at radius 3 is 2.37 bits per heavy atom. The number of imide groups is 1. The van der Waals surface area contributed by atoms with Crippen LogP contribution in [0.4, 0.5) is 10.5 Å². The second-order valence-corrected chi connectivity index (χ2v) is 6.70. The largest absolute Gasteiger partial charge is 0.332 e. The van der Waals surface area contributed by atoms with Gasteiger partial charge < -0.3 is 0 Å². The van der Waals surface area contributed by atoms with Crippen LogP contribution >= 0.6 is 23.2 Å². The summed E-state index contributed by atoms with van der Waals surface area (Å²) in [7, 11) is -1.34. The van der Waals surface area contributed by atoms with E-state index in [0.717, 1.165) is 4.90 Å². The first-order chi connectivity index (χ1) is 8.99. The van der Waals surface area contributed by atoms with Crippen LogP contribution in [0.15, 0.2) is 18.2 Å². The smallest absolute Gasteiger partial charge is 0.300 e. The summed E-state index contributed by atoms with van der Waals surface area (Å²) in [5.41, 5.74) is 0.305. The number of rotatable bonds is 1. The SMILES string of the molecule is O=C1C2N(CCS2=O)C(=O)N1c1cc(Cl)cc(Cl)c1. The monoisotopic (exact) mass is 318 g/mol. The third kappa shape index (κ3) is 1.94. The maximum absolute atomic E-state index is 12.2. The first-order valence-corrected chi connectivity index (χ1v) is 7.60. The van der Waals surface area contributed by atoms with E-state index in [9.17, 15) is 13.8 Å². The van der Waals surface area contributed by atoms with Gasteiger partial charge >= 0.3 is 6.03 Å². The fourth-order valence-electron chi connectivity index (χ4n) is 2.24. The lowest BCUT2D eigenvalue weighted by molar-refractivity contribution is -0.117. The van der Waals surface area contributed by atoms with Crippen molar-refractivity contribution in [1.29, 1.82) is 0 Å². The molecule has 0 spiro atoms. The molecule has 0 saturated carbocycles. The van der Waals surface area contributed by atoms with E-state index in [1.807, 2.05) is 0 Å². The molecule has 2 aliphatic heterocycles. The van der Waals surface area contributed by atoms with Gasteiger partial charge in [-0.1, -0.05) is 23.2 Å². The fourth-order valence-corrected chi connectivity index (χ4v) is 4.16. The predicted octanol–water partition coefficient (Wildman–Crippen LogP) is 1.85. The molecule has 0 N–H and O–H groups in total. The van der Waals surface area contributed by atoms with Crippen LogP contribution in [0.3, 0.4) is 0 Å². The molecule has 1 aromatic carbocycles. The molecule has 0 radical (unpaired) electrons. The molecule has 2 fully saturated rings. The molecule has 3 rings (SSSR count). The van der Waals surface area contributed by atoms with Crippen molar-refractivity contribution in [2.24, 2.45) is 0 Å². The number of benzene rings is 1. The van der Waals surface area contributed by atoms with Gasteiger partial charge in [0, 0.05) is 22.3 Å². The number of hydrogen-bond acceptors (Lipinski definition) is 3. The van der Waals surface area contributed by atoms with Crippen LogP contribution in [-0.2, 0) is 15.6 Å². The molecule has 0 aliphatic carbocycles. The Kier molecular flexibility index (Phi) is 3.03. The number of amides is 3. The van der Waals surface area contributed by atoms with E-state index in [1.165, 1.54) is 23.1 Å². The Morgan fingerprint density at radius 1 is 1.16 bits per heavy atom. The second kappa shape index (κ2) is 4.47. The summed E-state index contributed by atoms with van der Waals surface area (Å²) in [5.74, 6) is -0.147. The lowest BCUT2D eigenvalue weighted by atomic mass is 10.3. The summed E-state index contributed by atoms with van der Waals surface area (Å²) in [4.78, 5) is 26.7. The zero-order chi connectivity index (χ0) is 13.7. The summed E-state index contributed by atoms with van der Waals surface area (Å²) in [6.07, 6.45) is 0. The van der Waals surface area contributed by atoms with Crippen molar-refractivity contribution in [2.75, 3.05) is 17.2 Å². The van der Waals surface area contributed by atoms with E-state index in [1.54, 1.807) is 0 Å². The molecule has 5 nitrogen and oxygen atoms in total. The van der Waals surface area contributed by atoms with Gasteiger partial charge in [0.1, 0.15) is 0 Å². The third-order valence-electron chi connectivity index (χ3n) is 3.04. The Labute approximate surface area is 121 Å². The number of anilines is 1. The van der Waals surface area contributed by atoms with E-state index < -0.39 is 28.1 Å². The third-order valence-corrected chi connectivity index (χ3v) is 5.02. The van der Waals surface area contributed by atoms with Gasteiger partial charge in [0.25, 0.3) is 5.91 Å².